The SMILES string of the molecule is C=CC(=O)N1CCC(N(C)c2nc(OC[C@@H]3C[C@@H](OC)CN3C)nc3c(F)c(-c4ccc(F)c5sc(N)c(C#N)c45)ncc23)[C@H]1C. The van der Waals surface area contributed by atoms with Crippen LogP contribution in [0.4, 0.5) is 19.6 Å². The monoisotopic (exact) mass is 648 g/mol. The third-order valence-corrected chi connectivity index (χ3v) is 10.2. The fourth-order valence-electron chi connectivity index (χ4n) is 6.63. The first-order valence-electron chi connectivity index (χ1n) is 14.9. The van der Waals surface area contributed by atoms with Crippen molar-refractivity contribution in [3.8, 4) is 23.3 Å². The number of nitrogens with zero attached hydrogens (tertiary/aromatic N) is 7. The number of methoxy groups -OCH3 is 1. The number of carbonyl (C=O) groups is 1. The smallest absolute Gasteiger partial charge is 0.319 e. The van der Waals surface area contributed by atoms with Crippen LogP contribution in [0.15, 0.2) is 31.0 Å². The van der Waals surface area contributed by atoms with Crippen molar-refractivity contribution in [2.45, 2.75) is 44.0 Å². The van der Waals surface area contributed by atoms with Crippen molar-refractivity contribution < 1.29 is 23.0 Å². The largest absolute Gasteiger partial charge is 0.462 e. The van der Waals surface area contributed by atoms with Crippen molar-refractivity contribution in [1.29, 1.82) is 5.26 Å². The van der Waals surface area contributed by atoms with Crippen molar-refractivity contribution >= 4 is 49.1 Å². The molecule has 0 bridgehead atoms. The number of benzene rings is 1. The van der Waals surface area contributed by atoms with Crippen molar-refractivity contribution in [1.82, 2.24) is 24.8 Å². The van der Waals surface area contributed by atoms with Gasteiger partial charge in [-0.3, -0.25) is 14.7 Å². The molecule has 2 aliphatic heterocycles. The molecule has 1 aromatic carbocycles. The van der Waals surface area contributed by atoms with Crippen LogP contribution in [-0.4, -0.2) is 95.8 Å². The first kappa shape index (κ1) is 31.5. The Morgan fingerprint density at radius 2 is 2.13 bits per heavy atom. The predicted molar refractivity (Wildman–Crippen MR) is 173 cm³/mol. The lowest BCUT2D eigenvalue weighted by molar-refractivity contribution is -0.126. The van der Waals surface area contributed by atoms with Crippen LogP contribution in [0.3, 0.4) is 0 Å². The minimum absolute atomic E-state index is 0.0221. The molecule has 11 nitrogen and oxygen atoms in total. The molecule has 0 radical (unpaired) electrons. The van der Waals surface area contributed by atoms with E-state index in [0.29, 0.717) is 24.2 Å². The summed E-state index contributed by atoms with van der Waals surface area (Å²) in [5.41, 5.74) is 6.16. The number of aromatic nitrogens is 3. The zero-order valence-electron chi connectivity index (χ0n) is 26.0. The number of likely N-dealkylation sites (tertiary alicyclic amines) is 2. The Bertz CT molecular complexity index is 1900. The number of ether oxygens (including phenoxy) is 2. The average Bonchev–Trinajstić information content (AvgIpc) is 3.73. The van der Waals surface area contributed by atoms with E-state index in [2.05, 4.69) is 21.4 Å². The summed E-state index contributed by atoms with van der Waals surface area (Å²) >= 11 is 0.926. The number of thiophene rings is 1. The molecule has 0 spiro atoms. The van der Waals surface area contributed by atoms with Crippen LogP contribution in [0.2, 0.25) is 0 Å². The van der Waals surface area contributed by atoms with Crippen molar-refractivity contribution in [2.24, 2.45) is 0 Å². The van der Waals surface area contributed by atoms with Gasteiger partial charge in [0.2, 0.25) is 5.91 Å². The number of nitrogen functional groups attached to an aromatic ring is 1. The minimum atomic E-state index is -0.777. The molecule has 2 aliphatic rings. The molecule has 2 fully saturated rings. The van der Waals surface area contributed by atoms with Crippen LogP contribution in [0.1, 0.15) is 25.3 Å². The highest BCUT2D eigenvalue weighted by molar-refractivity contribution is 7.23. The molecule has 46 heavy (non-hydrogen) atoms. The molecule has 240 valence electrons. The van der Waals surface area contributed by atoms with Gasteiger partial charge < -0.3 is 25.0 Å². The van der Waals surface area contributed by atoms with Crippen LogP contribution in [0.5, 0.6) is 6.01 Å². The van der Waals surface area contributed by atoms with Gasteiger partial charge in [0.05, 0.1) is 27.8 Å². The van der Waals surface area contributed by atoms with Gasteiger partial charge in [-0.2, -0.15) is 15.2 Å². The number of amides is 1. The van der Waals surface area contributed by atoms with Crippen LogP contribution in [0, 0.1) is 23.0 Å². The highest BCUT2D eigenvalue weighted by atomic mass is 32.1. The molecular weight excluding hydrogens is 614 g/mol. The zero-order valence-corrected chi connectivity index (χ0v) is 26.8. The number of rotatable bonds is 8. The van der Waals surface area contributed by atoms with E-state index < -0.39 is 11.6 Å². The van der Waals surface area contributed by atoms with Gasteiger partial charge in [-0.25, -0.2) is 8.78 Å². The Morgan fingerprint density at radius 1 is 1.35 bits per heavy atom. The van der Waals surface area contributed by atoms with E-state index in [-0.39, 0.29) is 80.2 Å². The Kier molecular flexibility index (Phi) is 8.49. The highest BCUT2D eigenvalue weighted by Crippen LogP contribution is 2.42. The zero-order chi connectivity index (χ0) is 32.9. The lowest BCUT2D eigenvalue weighted by Crippen LogP contribution is -2.43. The third kappa shape index (κ3) is 5.28. The first-order valence-corrected chi connectivity index (χ1v) is 15.7. The Morgan fingerprint density at radius 3 is 2.83 bits per heavy atom. The van der Waals surface area contributed by atoms with Crippen molar-refractivity contribution in [2.75, 3.05) is 51.5 Å². The number of hydrogen-bond acceptors (Lipinski definition) is 11. The quantitative estimate of drug-likeness (QED) is 0.275. The number of halogens is 2. The fraction of sp³-hybridized carbons (Fsp3) is 0.406. The van der Waals surface area contributed by atoms with E-state index >= 15 is 4.39 Å². The summed E-state index contributed by atoms with van der Waals surface area (Å²) in [6.07, 6.45) is 4.26. The number of likely N-dealkylation sites (N-methyl/N-ethyl adjacent to an activating group) is 2. The lowest BCUT2D eigenvalue weighted by Gasteiger charge is -2.32. The standard InChI is InChI=1S/C32H34F2N8O3S/c1-6-24(43)42-10-9-23(16(42)2)41(4)31-21-13-37-27(19-7-8-22(33)29-25(19)20(12-35)30(36)46-29)26(34)28(21)38-32(39-31)45-15-17-11-18(44-5)14-40(17)3/h6-8,13,16-18,23H,1,9-11,14-15,36H2,2-5H3/t16-,17+,18-,23?/m1/s1. The van der Waals surface area contributed by atoms with Crippen LogP contribution >= 0.6 is 11.3 Å². The predicted octanol–water partition coefficient (Wildman–Crippen LogP) is 4.35. The normalized spacial score (nSPS) is 21.6. The van der Waals surface area contributed by atoms with E-state index in [1.54, 1.807) is 12.0 Å². The second-order valence-electron chi connectivity index (χ2n) is 11.7. The first-order chi connectivity index (χ1) is 22.1. The number of hydrogen-bond donors (Lipinski definition) is 1. The van der Waals surface area contributed by atoms with Gasteiger partial charge in [0.15, 0.2) is 5.82 Å². The summed E-state index contributed by atoms with van der Waals surface area (Å²) in [6, 6.07) is 4.30. The van der Waals surface area contributed by atoms with Gasteiger partial charge in [0.25, 0.3) is 0 Å². The second-order valence-corrected chi connectivity index (χ2v) is 12.8. The van der Waals surface area contributed by atoms with Crippen LogP contribution in [-0.2, 0) is 9.53 Å². The summed E-state index contributed by atoms with van der Waals surface area (Å²) < 4.78 is 43.3. The molecule has 14 heteroatoms. The number of nitriles is 1. The highest BCUT2D eigenvalue weighted by Gasteiger charge is 2.37. The molecule has 2 N–H and O–H groups in total. The van der Waals surface area contributed by atoms with Gasteiger partial charge in [-0.05, 0) is 45.0 Å². The number of anilines is 2. The van der Waals surface area contributed by atoms with Gasteiger partial charge in [0.1, 0.15) is 40.5 Å². The maximum Gasteiger partial charge on any atom is 0.319 e. The molecular formula is C32H34F2N8O3S. The number of fused-ring (bicyclic) bond motifs is 2. The maximum atomic E-state index is 16.7. The van der Waals surface area contributed by atoms with Gasteiger partial charge in [0, 0.05) is 56.5 Å². The van der Waals surface area contributed by atoms with Gasteiger partial charge >= 0.3 is 6.01 Å². The molecule has 4 atom stereocenters. The minimum Gasteiger partial charge on any atom is -0.462 e. The molecule has 6 rings (SSSR count). The molecule has 1 amide bonds. The molecule has 2 saturated heterocycles. The van der Waals surface area contributed by atoms with Crippen molar-refractivity contribution in [3.63, 3.8) is 0 Å². The molecule has 4 aromatic rings. The molecule has 5 heterocycles. The second kappa shape index (κ2) is 12.4. The molecule has 3 aromatic heterocycles. The van der Waals surface area contributed by atoms with Crippen molar-refractivity contribution in [3.05, 3.63) is 48.2 Å². The van der Waals surface area contributed by atoms with E-state index in [1.807, 2.05) is 32.0 Å². The van der Waals surface area contributed by atoms with Crippen LogP contribution < -0.4 is 15.4 Å². The number of carbonyl (C=O) groups excluding carboxylic acids is 1. The fourth-order valence-corrected chi connectivity index (χ4v) is 7.58. The Balaban J connectivity index is 1.47. The average molecular weight is 649 g/mol. The summed E-state index contributed by atoms with van der Waals surface area (Å²) in [5.74, 6) is -1.12. The molecule has 1 unspecified atom stereocenters. The van der Waals surface area contributed by atoms with E-state index in [1.165, 1.54) is 24.4 Å². The number of pyridine rings is 1. The summed E-state index contributed by atoms with van der Waals surface area (Å²) in [5, 5.41) is 10.5. The van der Waals surface area contributed by atoms with E-state index in [4.69, 9.17) is 20.2 Å². The van der Waals surface area contributed by atoms with Gasteiger partial charge in [-0.15, -0.1) is 11.3 Å². The summed E-state index contributed by atoms with van der Waals surface area (Å²) in [6.45, 7) is 7.11. The lowest BCUT2D eigenvalue weighted by atomic mass is 10.0. The molecule has 0 aliphatic carbocycles. The summed E-state index contributed by atoms with van der Waals surface area (Å²) in [7, 11) is 5.50. The van der Waals surface area contributed by atoms with Gasteiger partial charge in [-0.1, -0.05) is 6.58 Å². The summed E-state index contributed by atoms with van der Waals surface area (Å²) in [4.78, 5) is 32.0. The third-order valence-electron chi connectivity index (χ3n) is 9.22. The maximum absolute atomic E-state index is 16.7. The number of nitrogens with two attached hydrogens (primary N) is 1. The molecule has 0 saturated carbocycles. The van der Waals surface area contributed by atoms with Crippen LogP contribution in [0.25, 0.3) is 32.2 Å². The Hall–Kier alpha value is -4.45. The van der Waals surface area contributed by atoms with E-state index in [0.717, 1.165) is 24.3 Å². The van der Waals surface area contributed by atoms with E-state index in [9.17, 15) is 14.4 Å². The Labute approximate surface area is 268 Å². The topological polar surface area (TPSA) is 134 Å².